The summed E-state index contributed by atoms with van der Waals surface area (Å²) >= 11 is 0. The standard InChI is InChI=1S/C21H17F3N4O4/c22-21(23,24)15-3-5-16(6-4-15)28-20(31)26-8-7-12-1-2-13-10-17(18(29)32-19(25)30)27-11-14(13)9-12/h1-6,9-11H,7-8H2,(H2,25,30)(H2,26,28,31). The number of carbonyl (C=O) groups is 3. The number of fused-ring (bicyclic) bond motifs is 1. The van der Waals surface area contributed by atoms with Crippen LogP contribution in [0.2, 0.25) is 0 Å². The summed E-state index contributed by atoms with van der Waals surface area (Å²) in [7, 11) is 0. The first-order valence-electron chi connectivity index (χ1n) is 9.24. The number of carbonyl (C=O) groups excluding carboxylic acids is 3. The summed E-state index contributed by atoms with van der Waals surface area (Å²) in [5, 5.41) is 6.50. The van der Waals surface area contributed by atoms with Crippen molar-refractivity contribution < 1.29 is 32.3 Å². The number of halogens is 3. The van der Waals surface area contributed by atoms with Gasteiger partial charge in [-0.3, -0.25) is 0 Å². The van der Waals surface area contributed by atoms with E-state index in [-0.39, 0.29) is 17.9 Å². The number of nitrogens with two attached hydrogens (primary N) is 1. The van der Waals surface area contributed by atoms with Crippen LogP contribution in [0.15, 0.2) is 54.7 Å². The van der Waals surface area contributed by atoms with Crippen LogP contribution in [-0.2, 0) is 17.3 Å². The largest absolute Gasteiger partial charge is 0.416 e. The second-order valence-corrected chi connectivity index (χ2v) is 6.67. The van der Waals surface area contributed by atoms with Gasteiger partial charge in [0.25, 0.3) is 0 Å². The zero-order valence-electron chi connectivity index (χ0n) is 16.4. The van der Waals surface area contributed by atoms with Crippen molar-refractivity contribution in [3.63, 3.8) is 0 Å². The maximum atomic E-state index is 12.6. The number of ether oxygens (including phenoxy) is 1. The topological polar surface area (TPSA) is 123 Å². The molecule has 2 aromatic carbocycles. The predicted octanol–water partition coefficient (Wildman–Crippen LogP) is 3.85. The smallest absolute Gasteiger partial charge is 0.372 e. The van der Waals surface area contributed by atoms with Gasteiger partial charge in [-0.25, -0.2) is 19.4 Å². The molecule has 0 spiro atoms. The van der Waals surface area contributed by atoms with E-state index in [1.807, 2.05) is 6.07 Å². The van der Waals surface area contributed by atoms with Crippen molar-refractivity contribution in [2.24, 2.45) is 5.73 Å². The summed E-state index contributed by atoms with van der Waals surface area (Å²) in [6, 6.07) is 10.4. The van der Waals surface area contributed by atoms with Gasteiger partial charge in [-0.15, -0.1) is 0 Å². The number of hydrogen-bond acceptors (Lipinski definition) is 5. The van der Waals surface area contributed by atoms with Crippen LogP contribution >= 0.6 is 0 Å². The molecule has 32 heavy (non-hydrogen) atoms. The number of primary amides is 1. The number of amides is 3. The summed E-state index contributed by atoms with van der Waals surface area (Å²) < 4.78 is 42.0. The van der Waals surface area contributed by atoms with Crippen LogP contribution < -0.4 is 16.4 Å². The van der Waals surface area contributed by atoms with E-state index in [2.05, 4.69) is 20.4 Å². The fourth-order valence-electron chi connectivity index (χ4n) is 2.84. The summed E-state index contributed by atoms with van der Waals surface area (Å²) in [4.78, 5) is 38.2. The molecule has 0 saturated carbocycles. The van der Waals surface area contributed by atoms with Crippen molar-refractivity contribution in [3.05, 3.63) is 71.5 Å². The van der Waals surface area contributed by atoms with Gasteiger partial charge < -0.3 is 21.1 Å². The molecule has 0 fully saturated rings. The average Bonchev–Trinajstić information content (AvgIpc) is 2.72. The molecule has 3 rings (SSSR count). The summed E-state index contributed by atoms with van der Waals surface area (Å²) in [5.74, 6) is -0.952. The van der Waals surface area contributed by atoms with Gasteiger partial charge in [0.15, 0.2) is 0 Å². The van der Waals surface area contributed by atoms with E-state index in [1.165, 1.54) is 24.4 Å². The lowest BCUT2D eigenvalue weighted by Gasteiger charge is -2.10. The fourth-order valence-corrected chi connectivity index (χ4v) is 2.84. The number of urea groups is 1. The number of alkyl halides is 3. The van der Waals surface area contributed by atoms with Gasteiger partial charge in [0.2, 0.25) is 0 Å². The highest BCUT2D eigenvalue weighted by Crippen LogP contribution is 2.29. The van der Waals surface area contributed by atoms with Crippen molar-refractivity contribution >= 4 is 34.6 Å². The number of anilines is 1. The van der Waals surface area contributed by atoms with Gasteiger partial charge >= 0.3 is 24.3 Å². The third kappa shape index (κ3) is 5.94. The highest BCUT2D eigenvalue weighted by Gasteiger charge is 2.29. The van der Waals surface area contributed by atoms with E-state index >= 15 is 0 Å². The zero-order valence-corrected chi connectivity index (χ0v) is 16.4. The lowest BCUT2D eigenvalue weighted by atomic mass is 10.1. The molecule has 3 aromatic rings. The number of hydrogen-bond donors (Lipinski definition) is 3. The Labute approximate surface area is 179 Å². The molecule has 1 heterocycles. The van der Waals surface area contributed by atoms with E-state index in [4.69, 9.17) is 5.73 Å². The first-order valence-corrected chi connectivity index (χ1v) is 9.24. The van der Waals surface area contributed by atoms with E-state index in [0.29, 0.717) is 11.8 Å². The molecule has 4 N–H and O–H groups in total. The minimum absolute atomic E-state index is 0.0642. The SMILES string of the molecule is NC(=O)OC(=O)c1cc2ccc(CCNC(=O)Nc3ccc(C(F)(F)F)cc3)cc2cn1. The lowest BCUT2D eigenvalue weighted by Crippen LogP contribution is -2.30. The van der Waals surface area contributed by atoms with Gasteiger partial charge in [-0.05, 0) is 53.8 Å². The molecular weight excluding hydrogens is 429 g/mol. The van der Waals surface area contributed by atoms with Crippen LogP contribution in [0.5, 0.6) is 0 Å². The molecule has 11 heteroatoms. The Morgan fingerprint density at radius 3 is 2.38 bits per heavy atom. The van der Waals surface area contributed by atoms with Crippen molar-refractivity contribution in [1.29, 1.82) is 0 Å². The number of rotatable bonds is 5. The number of nitrogens with zero attached hydrogens (tertiary/aromatic N) is 1. The molecular formula is C21H17F3N4O4. The minimum atomic E-state index is -4.44. The van der Waals surface area contributed by atoms with Crippen LogP contribution in [0, 0.1) is 0 Å². The molecule has 1 aromatic heterocycles. The molecule has 3 amide bonds. The maximum Gasteiger partial charge on any atom is 0.416 e. The van der Waals surface area contributed by atoms with Crippen LogP contribution in [0.3, 0.4) is 0 Å². The average molecular weight is 446 g/mol. The van der Waals surface area contributed by atoms with Gasteiger partial charge in [-0.2, -0.15) is 13.2 Å². The molecule has 0 saturated heterocycles. The molecule has 0 aliphatic carbocycles. The Morgan fingerprint density at radius 2 is 1.72 bits per heavy atom. The maximum absolute atomic E-state index is 12.6. The quantitative estimate of drug-likeness (QED) is 0.406. The van der Waals surface area contributed by atoms with Crippen molar-refractivity contribution in [2.45, 2.75) is 12.6 Å². The van der Waals surface area contributed by atoms with Crippen molar-refractivity contribution in [1.82, 2.24) is 10.3 Å². The second-order valence-electron chi connectivity index (χ2n) is 6.67. The summed E-state index contributed by atoms with van der Waals surface area (Å²) in [5.41, 5.74) is 5.06. The Morgan fingerprint density at radius 1 is 1.00 bits per heavy atom. The predicted molar refractivity (Wildman–Crippen MR) is 109 cm³/mol. The first kappa shape index (κ1) is 22.5. The van der Waals surface area contributed by atoms with E-state index in [0.717, 1.165) is 23.1 Å². The van der Waals surface area contributed by atoms with Crippen LogP contribution in [0.1, 0.15) is 21.6 Å². The number of aromatic nitrogens is 1. The zero-order chi connectivity index (χ0) is 23.3. The molecule has 8 nitrogen and oxygen atoms in total. The Kier molecular flexibility index (Phi) is 6.57. The van der Waals surface area contributed by atoms with Gasteiger partial charge in [-0.1, -0.05) is 12.1 Å². The molecule has 0 aliphatic heterocycles. The first-order chi connectivity index (χ1) is 15.1. The lowest BCUT2D eigenvalue weighted by molar-refractivity contribution is -0.137. The molecule has 0 radical (unpaired) electrons. The Hall–Kier alpha value is -4.15. The van der Waals surface area contributed by atoms with Gasteiger partial charge in [0.05, 0.1) is 5.56 Å². The monoisotopic (exact) mass is 446 g/mol. The summed E-state index contributed by atoms with van der Waals surface area (Å²) in [6.07, 6.45) is -3.74. The number of pyridine rings is 1. The Bertz CT molecular complexity index is 1160. The van der Waals surface area contributed by atoms with Crippen LogP contribution in [-0.4, -0.2) is 29.6 Å². The normalized spacial score (nSPS) is 11.1. The number of nitrogens with one attached hydrogen (secondary N) is 2. The van der Waals surface area contributed by atoms with Gasteiger partial charge in [0.1, 0.15) is 5.69 Å². The second kappa shape index (κ2) is 9.33. The number of benzene rings is 2. The minimum Gasteiger partial charge on any atom is -0.372 e. The highest BCUT2D eigenvalue weighted by molar-refractivity contribution is 5.97. The van der Waals surface area contributed by atoms with E-state index in [9.17, 15) is 27.6 Å². The van der Waals surface area contributed by atoms with Crippen LogP contribution in [0.4, 0.5) is 28.4 Å². The van der Waals surface area contributed by atoms with Gasteiger partial charge in [0, 0.05) is 23.8 Å². The molecule has 0 unspecified atom stereocenters. The highest BCUT2D eigenvalue weighted by atomic mass is 19.4. The van der Waals surface area contributed by atoms with Crippen molar-refractivity contribution in [2.75, 3.05) is 11.9 Å². The third-order valence-electron chi connectivity index (χ3n) is 4.36. The van der Waals surface area contributed by atoms with Crippen LogP contribution in [0.25, 0.3) is 10.8 Å². The molecule has 0 aliphatic rings. The Balaban J connectivity index is 1.54. The molecule has 0 bridgehead atoms. The van der Waals surface area contributed by atoms with E-state index in [1.54, 1.807) is 12.1 Å². The van der Waals surface area contributed by atoms with Crippen molar-refractivity contribution in [3.8, 4) is 0 Å². The third-order valence-corrected chi connectivity index (χ3v) is 4.36. The van der Waals surface area contributed by atoms with E-state index < -0.39 is 29.8 Å². The molecule has 0 atom stereocenters. The number of esters is 1. The molecule has 166 valence electrons. The summed E-state index contributed by atoms with van der Waals surface area (Å²) in [6.45, 7) is 0.272. The fraction of sp³-hybridized carbons (Fsp3) is 0.143.